The summed E-state index contributed by atoms with van der Waals surface area (Å²) in [5, 5.41) is 12.2. The molecular weight excluding hydrogens is 482 g/mol. The number of Topliss-reactive ketones (excluding diaryl/α,β-unsaturated/α-hetero) is 1. The molecule has 5 nitrogen and oxygen atoms in total. The molecule has 0 bridgehead atoms. The van der Waals surface area contributed by atoms with Gasteiger partial charge in [-0.05, 0) is 56.4 Å². The van der Waals surface area contributed by atoms with Crippen molar-refractivity contribution in [3.63, 3.8) is 0 Å². The molecule has 0 aliphatic heterocycles. The molecule has 0 heterocycles. The maximum atomic E-state index is 11.6. The minimum absolute atomic E-state index is 0.175. The first kappa shape index (κ1) is 37.9. The number of carbonyl (C=O) groups is 2. The molecular formula is C34H53N3O2. The van der Waals surface area contributed by atoms with Gasteiger partial charge in [0.25, 0.3) is 0 Å². The van der Waals surface area contributed by atoms with Gasteiger partial charge in [0, 0.05) is 35.6 Å². The van der Waals surface area contributed by atoms with Crippen molar-refractivity contribution in [3.8, 4) is 6.07 Å². The minimum Gasteiger partial charge on any atom is -0.402 e. The molecule has 0 aliphatic carbocycles. The van der Waals surface area contributed by atoms with Gasteiger partial charge in [-0.25, -0.2) is 0 Å². The molecule has 0 fully saturated rings. The smallest absolute Gasteiger partial charge is 0.148 e. The third-order valence-electron chi connectivity index (χ3n) is 6.30. The van der Waals surface area contributed by atoms with Gasteiger partial charge in [0.15, 0.2) is 0 Å². The number of aldehydes is 1. The zero-order chi connectivity index (χ0) is 30.3. The van der Waals surface area contributed by atoms with E-state index in [-0.39, 0.29) is 11.8 Å². The van der Waals surface area contributed by atoms with Gasteiger partial charge in [0.05, 0.1) is 12.5 Å². The zero-order valence-corrected chi connectivity index (χ0v) is 25.6. The summed E-state index contributed by atoms with van der Waals surface area (Å²) < 4.78 is 0. The Morgan fingerprint density at radius 3 is 2.28 bits per heavy atom. The number of ketones is 1. The standard InChI is InChI=1S/C23H30N2O.C11H23NO/c1-5-8-10-11-21(15-16-24)19(4)13-14-20(7-3)17-22(18-26)23(25)12-9-6-2;1-6-9(12-5)7-8-10(13)11(2,3)4/h5,7-8,10-11,13-14,18H,1,4,6,9,12,15,17,25H2,2-3H3;9,12H,6-8H2,1-5H3/b10-8-,14-13-,20-7+,21-11+,23-22-;. The molecule has 0 saturated heterocycles. The lowest BCUT2D eigenvalue weighted by molar-refractivity contribution is -0.126. The van der Waals surface area contributed by atoms with Crippen molar-refractivity contribution in [2.45, 2.75) is 99.0 Å². The summed E-state index contributed by atoms with van der Waals surface area (Å²) in [7, 11) is 1.95. The number of hydrogen-bond acceptors (Lipinski definition) is 5. The van der Waals surface area contributed by atoms with E-state index in [1.54, 1.807) is 12.2 Å². The predicted octanol–water partition coefficient (Wildman–Crippen LogP) is 8.00. The van der Waals surface area contributed by atoms with E-state index in [1.165, 1.54) is 0 Å². The molecule has 39 heavy (non-hydrogen) atoms. The normalized spacial score (nSPS) is 13.8. The van der Waals surface area contributed by atoms with Gasteiger partial charge in [-0.15, -0.1) is 0 Å². The Hall–Kier alpha value is -3.23. The Morgan fingerprint density at radius 2 is 1.82 bits per heavy atom. The molecule has 216 valence electrons. The van der Waals surface area contributed by atoms with E-state index in [9.17, 15) is 9.59 Å². The molecule has 0 amide bonds. The van der Waals surface area contributed by atoms with E-state index in [0.717, 1.165) is 55.1 Å². The van der Waals surface area contributed by atoms with E-state index in [1.807, 2.05) is 65.1 Å². The molecule has 0 aromatic carbocycles. The molecule has 0 radical (unpaired) electrons. The lowest BCUT2D eigenvalue weighted by Gasteiger charge is -2.19. The van der Waals surface area contributed by atoms with E-state index >= 15 is 0 Å². The molecule has 0 aliphatic rings. The number of hydrogen-bond donors (Lipinski definition) is 2. The van der Waals surface area contributed by atoms with Crippen LogP contribution in [0.25, 0.3) is 0 Å². The van der Waals surface area contributed by atoms with Crippen LogP contribution in [0.1, 0.15) is 92.9 Å². The molecule has 3 N–H and O–H groups in total. The fraction of sp³-hybridized carbons (Fsp3) is 0.500. The van der Waals surface area contributed by atoms with E-state index in [2.05, 4.69) is 38.4 Å². The molecule has 5 heteroatoms. The molecule has 0 aromatic rings. The highest BCUT2D eigenvalue weighted by molar-refractivity contribution is 5.83. The third kappa shape index (κ3) is 18.6. The van der Waals surface area contributed by atoms with Crippen molar-refractivity contribution in [3.05, 3.63) is 83.7 Å². The summed E-state index contributed by atoms with van der Waals surface area (Å²) >= 11 is 0. The molecule has 0 aromatic heterocycles. The number of nitrogens with two attached hydrogens (primary N) is 1. The highest BCUT2D eigenvalue weighted by Gasteiger charge is 2.21. The van der Waals surface area contributed by atoms with Crippen LogP contribution in [0.4, 0.5) is 0 Å². The first-order valence-electron chi connectivity index (χ1n) is 14.0. The second kappa shape index (κ2) is 22.7. The van der Waals surface area contributed by atoms with Crippen LogP contribution in [-0.2, 0) is 9.59 Å². The summed E-state index contributed by atoms with van der Waals surface area (Å²) in [5.41, 5.74) is 9.74. The van der Waals surface area contributed by atoms with Gasteiger partial charge < -0.3 is 11.1 Å². The highest BCUT2D eigenvalue weighted by atomic mass is 16.1. The number of allylic oxidation sites excluding steroid dienone is 12. The molecule has 1 atom stereocenters. The van der Waals surface area contributed by atoms with Gasteiger partial charge in [0.2, 0.25) is 0 Å². The molecule has 1 unspecified atom stereocenters. The lowest BCUT2D eigenvalue weighted by Crippen LogP contribution is -2.27. The molecule has 0 saturated carbocycles. The number of unbranched alkanes of at least 4 members (excludes halogenated alkanes) is 1. The van der Waals surface area contributed by atoms with Crippen LogP contribution in [0.3, 0.4) is 0 Å². The van der Waals surface area contributed by atoms with Crippen molar-refractivity contribution >= 4 is 12.1 Å². The van der Waals surface area contributed by atoms with Crippen LogP contribution in [0.15, 0.2) is 83.7 Å². The fourth-order valence-electron chi connectivity index (χ4n) is 3.40. The first-order valence-corrected chi connectivity index (χ1v) is 14.0. The SMILES string of the molecule is C=C/C=C\C=C(/CC#N)C(=C)/C=C\C(=C/C)C/C(C=O)=C(/N)CCCC.CCC(CCC(=O)C(C)(C)C)NC. The summed E-state index contributed by atoms with van der Waals surface area (Å²) in [6.07, 6.45) is 20.0. The summed E-state index contributed by atoms with van der Waals surface area (Å²) in [5.74, 6) is 0.362. The number of nitrogens with one attached hydrogen (secondary N) is 1. The summed E-state index contributed by atoms with van der Waals surface area (Å²) in [6.45, 7) is 19.8. The number of nitrogens with zero attached hydrogens (tertiary/aromatic N) is 1. The maximum absolute atomic E-state index is 11.6. The Kier molecular flexibility index (Phi) is 22.1. The highest BCUT2D eigenvalue weighted by Crippen LogP contribution is 2.20. The van der Waals surface area contributed by atoms with Gasteiger partial charge in [-0.1, -0.05) is 96.7 Å². The summed E-state index contributed by atoms with van der Waals surface area (Å²) in [4.78, 5) is 22.9. The van der Waals surface area contributed by atoms with Crippen LogP contribution in [0, 0.1) is 16.7 Å². The Balaban J connectivity index is 0. The third-order valence-corrected chi connectivity index (χ3v) is 6.30. The zero-order valence-electron chi connectivity index (χ0n) is 25.6. The average molecular weight is 536 g/mol. The lowest BCUT2D eigenvalue weighted by atomic mass is 9.87. The van der Waals surface area contributed by atoms with Crippen molar-refractivity contribution in [2.24, 2.45) is 11.1 Å². The summed E-state index contributed by atoms with van der Waals surface area (Å²) in [6, 6.07) is 2.64. The van der Waals surface area contributed by atoms with Crippen molar-refractivity contribution < 1.29 is 9.59 Å². The Labute approximate surface area is 239 Å². The maximum Gasteiger partial charge on any atom is 0.148 e. The van der Waals surface area contributed by atoms with Gasteiger partial charge in [-0.2, -0.15) is 5.26 Å². The van der Waals surface area contributed by atoms with Crippen molar-refractivity contribution in [1.82, 2.24) is 5.32 Å². The largest absolute Gasteiger partial charge is 0.402 e. The monoisotopic (exact) mass is 535 g/mol. The van der Waals surface area contributed by atoms with Gasteiger partial charge in [-0.3, -0.25) is 9.59 Å². The second-order valence-corrected chi connectivity index (χ2v) is 10.4. The number of nitriles is 1. The van der Waals surface area contributed by atoms with Gasteiger partial charge >= 0.3 is 0 Å². The van der Waals surface area contributed by atoms with E-state index in [0.29, 0.717) is 35.9 Å². The quantitative estimate of drug-likeness (QED) is 0.112. The van der Waals surface area contributed by atoms with Crippen LogP contribution < -0.4 is 11.1 Å². The number of carbonyl (C=O) groups excluding carboxylic acids is 2. The first-order chi connectivity index (χ1) is 18.4. The topological polar surface area (TPSA) is 96.0 Å². The van der Waals surface area contributed by atoms with Crippen LogP contribution in [-0.4, -0.2) is 25.2 Å². The van der Waals surface area contributed by atoms with E-state index in [4.69, 9.17) is 11.0 Å². The number of rotatable bonds is 17. The fourth-order valence-corrected chi connectivity index (χ4v) is 3.40. The van der Waals surface area contributed by atoms with Crippen molar-refractivity contribution in [2.75, 3.05) is 7.05 Å². The predicted molar refractivity (Wildman–Crippen MR) is 168 cm³/mol. The Morgan fingerprint density at radius 1 is 1.15 bits per heavy atom. The Bertz CT molecular complexity index is 959. The molecule has 0 spiro atoms. The second-order valence-electron chi connectivity index (χ2n) is 10.4. The minimum atomic E-state index is -0.175. The molecule has 0 rings (SSSR count). The van der Waals surface area contributed by atoms with Crippen LogP contribution >= 0.6 is 0 Å². The van der Waals surface area contributed by atoms with E-state index < -0.39 is 0 Å². The van der Waals surface area contributed by atoms with Crippen molar-refractivity contribution in [1.29, 1.82) is 5.26 Å². The van der Waals surface area contributed by atoms with Crippen LogP contribution in [0.2, 0.25) is 0 Å². The van der Waals surface area contributed by atoms with Gasteiger partial charge in [0.1, 0.15) is 12.1 Å². The van der Waals surface area contributed by atoms with Crippen LogP contribution in [0.5, 0.6) is 0 Å². The average Bonchev–Trinajstić information content (AvgIpc) is 2.91.